The van der Waals surface area contributed by atoms with Crippen molar-refractivity contribution in [3.8, 4) is 17.6 Å². The number of amides is 1. The second kappa shape index (κ2) is 9.18. The number of rotatable bonds is 6. The number of nitriles is 1. The first kappa shape index (κ1) is 21.2. The van der Waals surface area contributed by atoms with E-state index in [9.17, 15) is 20.2 Å². The molecule has 8 nitrogen and oxygen atoms in total. The summed E-state index contributed by atoms with van der Waals surface area (Å²) < 4.78 is 11.3. The number of benzene rings is 2. The molecule has 0 fully saturated rings. The second-order valence-electron chi connectivity index (χ2n) is 5.62. The molecule has 0 spiro atoms. The monoisotopic (exact) mass is 493 g/mol. The van der Waals surface area contributed by atoms with Gasteiger partial charge in [-0.15, -0.1) is 0 Å². The predicted octanol–water partition coefficient (Wildman–Crippen LogP) is 4.07. The molecule has 2 rings (SSSR count). The zero-order chi connectivity index (χ0) is 20.8. The molecule has 0 bridgehead atoms. The molecule has 0 unspecified atom stereocenters. The van der Waals surface area contributed by atoms with E-state index in [4.69, 9.17) is 9.47 Å². The summed E-state index contributed by atoms with van der Waals surface area (Å²) in [5, 5.41) is 22.9. The van der Waals surface area contributed by atoms with E-state index in [-0.39, 0.29) is 16.9 Å². The molecule has 0 saturated heterocycles. The molecule has 0 radical (unpaired) electrons. The normalized spacial score (nSPS) is 10.8. The Morgan fingerprint density at radius 2 is 2.00 bits per heavy atom. The fourth-order valence-electron chi connectivity index (χ4n) is 2.38. The zero-order valence-electron chi connectivity index (χ0n) is 15.3. The molecule has 1 N–H and O–H groups in total. The van der Waals surface area contributed by atoms with Gasteiger partial charge in [0.05, 0.1) is 28.4 Å². The summed E-state index contributed by atoms with van der Waals surface area (Å²) in [6, 6.07) is 9.36. The van der Waals surface area contributed by atoms with Crippen LogP contribution in [0.15, 0.2) is 35.9 Å². The number of aryl methyl sites for hydroxylation is 1. The lowest BCUT2D eigenvalue weighted by Gasteiger charge is -2.11. The molecule has 28 heavy (non-hydrogen) atoms. The first-order valence-electron chi connectivity index (χ1n) is 7.90. The molecule has 1 amide bonds. The highest BCUT2D eigenvalue weighted by atomic mass is 127. The van der Waals surface area contributed by atoms with Crippen LogP contribution in [0.4, 0.5) is 11.4 Å². The van der Waals surface area contributed by atoms with E-state index in [1.165, 1.54) is 38.5 Å². The number of halogens is 1. The van der Waals surface area contributed by atoms with Crippen LogP contribution in [0.25, 0.3) is 6.08 Å². The molecular formula is C19H16IN3O5. The summed E-state index contributed by atoms with van der Waals surface area (Å²) in [4.78, 5) is 22.9. The van der Waals surface area contributed by atoms with Crippen LogP contribution in [0.3, 0.4) is 0 Å². The maximum atomic E-state index is 12.5. The van der Waals surface area contributed by atoms with Crippen molar-refractivity contribution in [3.63, 3.8) is 0 Å². The van der Waals surface area contributed by atoms with Crippen molar-refractivity contribution < 1.29 is 19.2 Å². The summed E-state index contributed by atoms with van der Waals surface area (Å²) in [6.45, 7) is 1.70. The maximum absolute atomic E-state index is 12.5. The number of ether oxygens (including phenoxy) is 2. The van der Waals surface area contributed by atoms with Gasteiger partial charge in [0, 0.05) is 12.1 Å². The number of hydrogen-bond acceptors (Lipinski definition) is 6. The summed E-state index contributed by atoms with van der Waals surface area (Å²) >= 11 is 2.06. The van der Waals surface area contributed by atoms with Gasteiger partial charge in [0.2, 0.25) is 0 Å². The topological polar surface area (TPSA) is 114 Å². The van der Waals surface area contributed by atoms with Crippen LogP contribution in [-0.4, -0.2) is 25.1 Å². The summed E-state index contributed by atoms with van der Waals surface area (Å²) in [7, 11) is 3.01. The number of nitro benzene ring substituents is 1. The number of carbonyl (C=O) groups excluding carboxylic acids is 1. The highest BCUT2D eigenvalue weighted by Crippen LogP contribution is 2.34. The molecule has 0 aliphatic heterocycles. The van der Waals surface area contributed by atoms with Gasteiger partial charge >= 0.3 is 0 Å². The first-order valence-corrected chi connectivity index (χ1v) is 8.98. The van der Waals surface area contributed by atoms with Crippen LogP contribution in [0.2, 0.25) is 0 Å². The van der Waals surface area contributed by atoms with E-state index in [2.05, 4.69) is 27.9 Å². The van der Waals surface area contributed by atoms with Gasteiger partial charge in [-0.3, -0.25) is 14.9 Å². The van der Waals surface area contributed by atoms with Crippen LogP contribution >= 0.6 is 22.6 Å². The van der Waals surface area contributed by atoms with Gasteiger partial charge in [-0.05, 0) is 58.9 Å². The third kappa shape index (κ3) is 4.77. The Kier molecular flexibility index (Phi) is 6.94. The minimum atomic E-state index is -0.670. The van der Waals surface area contributed by atoms with Gasteiger partial charge in [0.1, 0.15) is 11.6 Å². The lowest BCUT2D eigenvalue weighted by Crippen LogP contribution is -2.14. The van der Waals surface area contributed by atoms with Crippen molar-refractivity contribution in [2.75, 3.05) is 19.5 Å². The Morgan fingerprint density at radius 1 is 1.29 bits per heavy atom. The molecule has 9 heteroatoms. The van der Waals surface area contributed by atoms with E-state index < -0.39 is 10.8 Å². The number of nitro groups is 1. The summed E-state index contributed by atoms with van der Waals surface area (Å²) in [5.41, 5.74) is 1.16. The van der Waals surface area contributed by atoms with E-state index in [0.717, 1.165) is 3.57 Å². The maximum Gasteiger partial charge on any atom is 0.271 e. The van der Waals surface area contributed by atoms with Crippen LogP contribution < -0.4 is 14.8 Å². The molecule has 2 aromatic carbocycles. The molecule has 0 aliphatic rings. The highest BCUT2D eigenvalue weighted by Gasteiger charge is 2.15. The van der Waals surface area contributed by atoms with Crippen molar-refractivity contribution in [2.45, 2.75) is 6.92 Å². The lowest BCUT2D eigenvalue weighted by atomic mass is 10.1. The summed E-state index contributed by atoms with van der Waals surface area (Å²) in [5.74, 6) is 0.346. The summed E-state index contributed by atoms with van der Waals surface area (Å²) in [6.07, 6.45) is 1.41. The zero-order valence-corrected chi connectivity index (χ0v) is 17.4. The van der Waals surface area contributed by atoms with Gasteiger partial charge in [-0.2, -0.15) is 5.26 Å². The van der Waals surface area contributed by atoms with Gasteiger partial charge in [-0.25, -0.2) is 0 Å². The van der Waals surface area contributed by atoms with Crippen molar-refractivity contribution in [1.29, 1.82) is 5.26 Å². The fraction of sp³-hybridized carbons (Fsp3) is 0.158. The largest absolute Gasteiger partial charge is 0.493 e. The average molecular weight is 493 g/mol. The van der Waals surface area contributed by atoms with E-state index in [0.29, 0.717) is 22.6 Å². The number of nitrogens with zero attached hydrogens (tertiary/aromatic N) is 2. The van der Waals surface area contributed by atoms with Crippen molar-refractivity contribution in [3.05, 3.63) is 60.7 Å². The predicted molar refractivity (Wildman–Crippen MR) is 112 cm³/mol. The number of methoxy groups -OCH3 is 2. The number of hydrogen-bond donors (Lipinski definition) is 1. The molecule has 0 saturated carbocycles. The number of anilines is 1. The third-order valence-corrected chi connectivity index (χ3v) is 4.61. The Bertz CT molecular complexity index is 1010. The highest BCUT2D eigenvalue weighted by molar-refractivity contribution is 14.1. The van der Waals surface area contributed by atoms with E-state index in [1.807, 2.05) is 6.07 Å². The van der Waals surface area contributed by atoms with Crippen LogP contribution in [0.5, 0.6) is 11.5 Å². The Balaban J connectivity index is 2.37. The van der Waals surface area contributed by atoms with Gasteiger partial charge < -0.3 is 14.8 Å². The lowest BCUT2D eigenvalue weighted by molar-refractivity contribution is -0.384. The molecule has 0 aromatic heterocycles. The van der Waals surface area contributed by atoms with Gasteiger partial charge in [0.25, 0.3) is 11.6 Å². The molecule has 2 aromatic rings. The second-order valence-corrected chi connectivity index (χ2v) is 6.78. The first-order chi connectivity index (χ1) is 13.3. The number of nitrogens with one attached hydrogen (secondary N) is 1. The Morgan fingerprint density at radius 3 is 2.57 bits per heavy atom. The van der Waals surface area contributed by atoms with E-state index >= 15 is 0 Å². The van der Waals surface area contributed by atoms with Crippen LogP contribution in [0.1, 0.15) is 11.1 Å². The average Bonchev–Trinajstić information content (AvgIpc) is 2.66. The molecular weight excluding hydrogens is 477 g/mol. The molecule has 0 atom stereocenters. The van der Waals surface area contributed by atoms with Gasteiger partial charge in [0.15, 0.2) is 11.5 Å². The minimum Gasteiger partial charge on any atom is -0.493 e. The molecule has 144 valence electrons. The Labute approximate surface area is 175 Å². The standard InChI is InChI=1S/C19H16IN3O5/c1-11-4-5-14(23(25)26)9-16(11)22-19(24)13(10-21)6-12-7-15(20)18(28-3)17(8-12)27-2/h4-9H,1-3H3,(H,22,24)/b13-6+. The SMILES string of the molecule is COc1cc(/C=C(\C#N)C(=O)Nc2cc([N+](=O)[O-])ccc2C)cc(I)c1OC. The quantitative estimate of drug-likeness (QED) is 0.213. The smallest absolute Gasteiger partial charge is 0.271 e. The Hall–Kier alpha value is -3.13. The third-order valence-electron chi connectivity index (χ3n) is 3.81. The van der Waals surface area contributed by atoms with Crippen LogP contribution in [-0.2, 0) is 4.79 Å². The molecule has 0 heterocycles. The van der Waals surface area contributed by atoms with Crippen molar-refractivity contribution in [1.82, 2.24) is 0 Å². The number of non-ortho nitro benzene ring substituents is 1. The number of carbonyl (C=O) groups is 1. The fourth-order valence-corrected chi connectivity index (χ4v) is 3.23. The van der Waals surface area contributed by atoms with E-state index in [1.54, 1.807) is 19.1 Å². The van der Waals surface area contributed by atoms with Gasteiger partial charge in [-0.1, -0.05) is 6.07 Å². The van der Waals surface area contributed by atoms with Crippen LogP contribution in [0, 0.1) is 31.9 Å². The minimum absolute atomic E-state index is 0.155. The molecule has 0 aliphatic carbocycles. The van der Waals surface area contributed by atoms with Crippen molar-refractivity contribution in [2.24, 2.45) is 0 Å². The van der Waals surface area contributed by atoms with Crippen molar-refractivity contribution >= 4 is 45.9 Å².